The molecule has 0 radical (unpaired) electrons. The second kappa shape index (κ2) is 7.30. The molecule has 2 N–H and O–H groups in total. The first kappa shape index (κ1) is 16.2. The van der Waals surface area contributed by atoms with Crippen LogP contribution in [0.4, 0.5) is 0 Å². The van der Waals surface area contributed by atoms with Crippen molar-refractivity contribution < 1.29 is 14.6 Å². The summed E-state index contributed by atoms with van der Waals surface area (Å²) in [5.41, 5.74) is 1.25. The zero-order valence-electron chi connectivity index (χ0n) is 13.7. The Kier molecular flexibility index (Phi) is 5.16. The van der Waals surface area contributed by atoms with Crippen molar-refractivity contribution in [3.63, 3.8) is 0 Å². The Balaban J connectivity index is 1.76. The SMILES string of the molecule is COc1ccc2ccccc2c1CNCC1(CCO)CCOC1. The van der Waals surface area contributed by atoms with Crippen LogP contribution in [-0.2, 0) is 11.3 Å². The molecule has 1 atom stereocenters. The summed E-state index contributed by atoms with van der Waals surface area (Å²) in [7, 11) is 1.71. The Labute approximate surface area is 137 Å². The molecule has 1 aliphatic rings. The predicted molar refractivity (Wildman–Crippen MR) is 91.8 cm³/mol. The molecule has 1 heterocycles. The molecule has 124 valence electrons. The molecular weight excluding hydrogens is 290 g/mol. The van der Waals surface area contributed by atoms with E-state index in [1.807, 2.05) is 6.07 Å². The van der Waals surface area contributed by atoms with Crippen LogP contribution in [0, 0.1) is 5.41 Å². The summed E-state index contributed by atoms with van der Waals surface area (Å²) in [4.78, 5) is 0. The first-order valence-electron chi connectivity index (χ1n) is 8.22. The maximum atomic E-state index is 9.33. The molecule has 4 nitrogen and oxygen atoms in total. The zero-order chi connectivity index (χ0) is 16.1. The van der Waals surface area contributed by atoms with Gasteiger partial charge in [0.05, 0.1) is 13.7 Å². The topological polar surface area (TPSA) is 50.7 Å². The fraction of sp³-hybridized carbons (Fsp3) is 0.474. The Morgan fingerprint density at radius 1 is 1.26 bits per heavy atom. The number of aliphatic hydroxyl groups is 1. The number of aliphatic hydroxyl groups excluding tert-OH is 1. The number of hydrogen-bond acceptors (Lipinski definition) is 4. The third-order valence-corrected chi connectivity index (χ3v) is 4.85. The number of rotatable bonds is 7. The van der Waals surface area contributed by atoms with E-state index in [2.05, 4.69) is 35.6 Å². The maximum Gasteiger partial charge on any atom is 0.123 e. The van der Waals surface area contributed by atoms with Crippen molar-refractivity contribution in [2.45, 2.75) is 19.4 Å². The van der Waals surface area contributed by atoms with Crippen LogP contribution in [0.1, 0.15) is 18.4 Å². The molecule has 0 aliphatic carbocycles. The van der Waals surface area contributed by atoms with E-state index in [0.717, 1.165) is 44.9 Å². The molecule has 0 amide bonds. The molecule has 0 aromatic heterocycles. The molecular formula is C19H25NO3. The van der Waals surface area contributed by atoms with Crippen molar-refractivity contribution in [2.24, 2.45) is 5.41 Å². The van der Waals surface area contributed by atoms with Crippen LogP contribution in [-0.4, -0.2) is 38.6 Å². The molecule has 1 fully saturated rings. The first-order valence-corrected chi connectivity index (χ1v) is 8.22. The molecule has 1 aliphatic heterocycles. The summed E-state index contributed by atoms with van der Waals surface area (Å²) in [6.45, 7) is 3.33. The van der Waals surface area contributed by atoms with Crippen molar-refractivity contribution in [3.8, 4) is 5.75 Å². The predicted octanol–water partition coefficient (Wildman–Crippen LogP) is 2.73. The molecule has 1 saturated heterocycles. The summed E-state index contributed by atoms with van der Waals surface area (Å²) in [5, 5.41) is 15.3. The van der Waals surface area contributed by atoms with Crippen molar-refractivity contribution in [3.05, 3.63) is 42.0 Å². The van der Waals surface area contributed by atoms with E-state index < -0.39 is 0 Å². The molecule has 0 spiro atoms. The Morgan fingerprint density at radius 2 is 2.13 bits per heavy atom. The molecule has 2 aromatic carbocycles. The number of fused-ring (bicyclic) bond motifs is 1. The van der Waals surface area contributed by atoms with E-state index in [9.17, 15) is 5.11 Å². The minimum Gasteiger partial charge on any atom is -0.496 e. The molecule has 1 unspecified atom stereocenters. The number of ether oxygens (including phenoxy) is 2. The number of hydrogen-bond donors (Lipinski definition) is 2. The van der Waals surface area contributed by atoms with Crippen molar-refractivity contribution in [2.75, 3.05) is 33.5 Å². The van der Waals surface area contributed by atoms with Gasteiger partial charge in [-0.05, 0) is 29.7 Å². The first-order chi connectivity index (χ1) is 11.3. The lowest BCUT2D eigenvalue weighted by Crippen LogP contribution is -2.35. The summed E-state index contributed by atoms with van der Waals surface area (Å²) in [5.74, 6) is 0.912. The Morgan fingerprint density at radius 3 is 2.87 bits per heavy atom. The van der Waals surface area contributed by atoms with Gasteiger partial charge in [0.15, 0.2) is 0 Å². The third kappa shape index (κ3) is 3.50. The highest BCUT2D eigenvalue weighted by atomic mass is 16.5. The van der Waals surface area contributed by atoms with Crippen LogP contribution in [0.15, 0.2) is 36.4 Å². The minimum absolute atomic E-state index is 0.0621. The van der Waals surface area contributed by atoms with Gasteiger partial charge in [-0.2, -0.15) is 0 Å². The fourth-order valence-electron chi connectivity index (χ4n) is 3.45. The maximum absolute atomic E-state index is 9.33. The summed E-state index contributed by atoms with van der Waals surface area (Å²) in [6, 6.07) is 12.5. The van der Waals surface area contributed by atoms with Gasteiger partial charge in [-0.3, -0.25) is 0 Å². The van der Waals surface area contributed by atoms with Gasteiger partial charge in [0.2, 0.25) is 0 Å². The molecule has 3 rings (SSSR count). The van der Waals surface area contributed by atoms with Gasteiger partial charge in [0, 0.05) is 37.3 Å². The van der Waals surface area contributed by atoms with E-state index >= 15 is 0 Å². The lowest BCUT2D eigenvalue weighted by atomic mass is 9.84. The van der Waals surface area contributed by atoms with E-state index in [1.165, 1.54) is 16.3 Å². The lowest BCUT2D eigenvalue weighted by Gasteiger charge is -2.27. The quantitative estimate of drug-likeness (QED) is 0.825. The van der Waals surface area contributed by atoms with E-state index in [1.54, 1.807) is 7.11 Å². The monoisotopic (exact) mass is 315 g/mol. The van der Waals surface area contributed by atoms with Crippen LogP contribution in [0.25, 0.3) is 10.8 Å². The van der Waals surface area contributed by atoms with E-state index in [0.29, 0.717) is 0 Å². The molecule has 0 bridgehead atoms. The van der Waals surface area contributed by atoms with Gasteiger partial charge in [-0.25, -0.2) is 0 Å². The highest BCUT2D eigenvalue weighted by Crippen LogP contribution is 2.32. The van der Waals surface area contributed by atoms with Crippen molar-refractivity contribution in [1.82, 2.24) is 5.32 Å². The molecule has 4 heteroatoms. The van der Waals surface area contributed by atoms with Gasteiger partial charge in [-0.15, -0.1) is 0 Å². The number of methoxy groups -OCH3 is 1. The summed E-state index contributed by atoms with van der Waals surface area (Å²) in [6.07, 6.45) is 1.79. The average Bonchev–Trinajstić information content (AvgIpc) is 3.04. The molecule has 0 saturated carbocycles. The summed E-state index contributed by atoms with van der Waals surface area (Å²) >= 11 is 0. The fourth-order valence-corrected chi connectivity index (χ4v) is 3.45. The number of benzene rings is 2. The second-order valence-electron chi connectivity index (χ2n) is 6.35. The highest BCUT2D eigenvalue weighted by Gasteiger charge is 2.33. The van der Waals surface area contributed by atoms with Crippen LogP contribution in [0.3, 0.4) is 0 Å². The average molecular weight is 315 g/mol. The van der Waals surface area contributed by atoms with Gasteiger partial charge in [0.25, 0.3) is 0 Å². The van der Waals surface area contributed by atoms with Crippen LogP contribution in [0.2, 0.25) is 0 Å². The Bertz CT molecular complexity index is 650. The minimum atomic E-state index is 0.0621. The van der Waals surface area contributed by atoms with E-state index in [-0.39, 0.29) is 12.0 Å². The molecule has 2 aromatic rings. The van der Waals surface area contributed by atoms with Gasteiger partial charge in [0.1, 0.15) is 5.75 Å². The normalized spacial score (nSPS) is 21.0. The van der Waals surface area contributed by atoms with E-state index in [4.69, 9.17) is 9.47 Å². The standard InChI is InChI=1S/C19H25NO3/c1-22-18-7-6-15-4-2-3-5-16(15)17(18)12-20-13-19(8-10-21)9-11-23-14-19/h2-7,20-21H,8-14H2,1H3. The van der Waals surface area contributed by atoms with Crippen molar-refractivity contribution >= 4 is 10.8 Å². The number of nitrogens with one attached hydrogen (secondary N) is 1. The van der Waals surface area contributed by atoms with Gasteiger partial charge >= 0.3 is 0 Å². The second-order valence-corrected chi connectivity index (χ2v) is 6.35. The van der Waals surface area contributed by atoms with Crippen LogP contribution < -0.4 is 10.1 Å². The smallest absolute Gasteiger partial charge is 0.123 e. The highest BCUT2D eigenvalue weighted by molar-refractivity contribution is 5.87. The largest absolute Gasteiger partial charge is 0.496 e. The van der Waals surface area contributed by atoms with Crippen LogP contribution >= 0.6 is 0 Å². The Hall–Kier alpha value is -1.62. The third-order valence-electron chi connectivity index (χ3n) is 4.85. The van der Waals surface area contributed by atoms with Crippen LogP contribution in [0.5, 0.6) is 5.75 Å². The van der Waals surface area contributed by atoms with Gasteiger partial charge in [-0.1, -0.05) is 30.3 Å². The van der Waals surface area contributed by atoms with Gasteiger partial charge < -0.3 is 19.9 Å². The van der Waals surface area contributed by atoms with Crippen molar-refractivity contribution in [1.29, 1.82) is 0 Å². The zero-order valence-corrected chi connectivity index (χ0v) is 13.7. The summed E-state index contributed by atoms with van der Waals surface area (Å²) < 4.78 is 11.1. The lowest BCUT2D eigenvalue weighted by molar-refractivity contribution is 0.124. The molecule has 23 heavy (non-hydrogen) atoms.